The van der Waals surface area contributed by atoms with Gasteiger partial charge in [0, 0.05) is 22.3 Å². The summed E-state index contributed by atoms with van der Waals surface area (Å²) in [5.41, 5.74) is 5.25. The van der Waals surface area contributed by atoms with Crippen molar-refractivity contribution in [1.29, 1.82) is 0 Å². The van der Waals surface area contributed by atoms with Gasteiger partial charge in [-0.25, -0.2) is 9.97 Å². The topological polar surface area (TPSA) is 275 Å². The van der Waals surface area contributed by atoms with Crippen LogP contribution in [0.3, 0.4) is 0 Å². The number of nitrogens with zero attached hydrogens (tertiary/aromatic N) is 2. The van der Waals surface area contributed by atoms with Crippen molar-refractivity contribution in [3.05, 3.63) is 138 Å². The Morgan fingerprint density at radius 3 is 0.625 bits per heavy atom. The summed E-state index contributed by atoms with van der Waals surface area (Å²) in [6.07, 6.45) is 0. The maximum atomic E-state index is 12.3. The van der Waals surface area contributed by atoms with Crippen LogP contribution >= 0.6 is 127 Å². The predicted molar refractivity (Wildman–Crippen MR) is 302 cm³/mol. The molecular formula is C44H22Br8N4O12S4. The quantitative estimate of drug-likeness (QED) is 0.0772. The molecule has 4 aromatic carbocycles. The van der Waals surface area contributed by atoms with Crippen molar-refractivity contribution in [3.63, 3.8) is 0 Å². The van der Waals surface area contributed by atoms with Gasteiger partial charge in [0.2, 0.25) is 0 Å². The first-order chi connectivity index (χ1) is 33.6. The van der Waals surface area contributed by atoms with E-state index in [1.165, 1.54) is 97.1 Å². The number of halogens is 8. The van der Waals surface area contributed by atoms with Gasteiger partial charge in [0.15, 0.2) is 0 Å². The Balaban J connectivity index is 1.59. The van der Waals surface area contributed by atoms with Gasteiger partial charge >= 0.3 is 0 Å². The van der Waals surface area contributed by atoms with Crippen molar-refractivity contribution < 1.29 is 51.9 Å². The van der Waals surface area contributed by atoms with Crippen molar-refractivity contribution in [2.24, 2.45) is 0 Å². The molecule has 5 heterocycles. The highest BCUT2D eigenvalue weighted by Gasteiger charge is 2.32. The predicted octanol–water partition coefficient (Wildman–Crippen LogP) is 14.3. The van der Waals surface area contributed by atoms with Gasteiger partial charge in [0.1, 0.15) is 0 Å². The lowest BCUT2D eigenvalue weighted by Crippen LogP contribution is -1.98. The monoisotopic (exact) mass is 1560 g/mol. The second-order valence-electron chi connectivity index (χ2n) is 15.4. The van der Waals surface area contributed by atoms with Gasteiger partial charge in [0.25, 0.3) is 40.5 Å². The van der Waals surface area contributed by atoms with Crippen LogP contribution in [0.5, 0.6) is 0 Å². The Hall–Kier alpha value is -3.04. The third kappa shape index (κ3) is 9.74. The molecule has 9 rings (SSSR count). The molecule has 0 spiro atoms. The van der Waals surface area contributed by atoms with Gasteiger partial charge in [-0.15, -0.1) is 0 Å². The molecule has 0 saturated carbocycles. The van der Waals surface area contributed by atoms with E-state index in [9.17, 15) is 51.9 Å². The Kier molecular flexibility index (Phi) is 14.6. The van der Waals surface area contributed by atoms with E-state index in [1.807, 2.05) is 0 Å². The molecular weight excluding hydrogens is 1540 g/mol. The van der Waals surface area contributed by atoms with Gasteiger partial charge in [-0.1, -0.05) is 48.5 Å². The number of benzene rings is 4. The zero-order valence-corrected chi connectivity index (χ0v) is 50.8. The first kappa shape index (κ1) is 53.8. The molecule has 0 fully saturated rings. The summed E-state index contributed by atoms with van der Waals surface area (Å²) in [7, 11) is -18.6. The standard InChI is InChI=1S/C44H22Br8N4O12S4/c45-29-31(47)39-26(18-3-11-22(12-4-18)70(60,61)62)41-33(49)35(51)43(55-41)28(20-7-15-24(16-8-20)72(66,67)68)44-36(52)34(50)42(56-44)27(19-5-13-23(14-6-19)71(63,64)65)40-32(48)30(46)38(54-40)25(37(29)53-39)17-1-9-21(10-2-17)69(57,58)59/h1-16,53,56H,(H,57,58,59)(H,60,61,62)(H,63,64,65)(H,66,67,68). The third-order valence-electron chi connectivity index (χ3n) is 11.1. The molecule has 6 N–H and O–H groups in total. The van der Waals surface area contributed by atoms with Crippen molar-refractivity contribution >= 4 is 208 Å². The lowest BCUT2D eigenvalue weighted by molar-refractivity contribution is 0.481. The first-order valence-electron chi connectivity index (χ1n) is 19.6. The number of aromatic amines is 2. The average molecular weight is 1570 g/mol. The molecule has 0 saturated heterocycles. The smallest absolute Gasteiger partial charge is 0.294 e. The van der Waals surface area contributed by atoms with Crippen molar-refractivity contribution in [1.82, 2.24) is 19.9 Å². The molecule has 28 heteroatoms. The van der Waals surface area contributed by atoms with Crippen LogP contribution in [0.15, 0.2) is 135 Å². The van der Waals surface area contributed by atoms with Crippen molar-refractivity contribution in [2.75, 3.05) is 0 Å². The molecule has 0 unspecified atom stereocenters. The van der Waals surface area contributed by atoms with Gasteiger partial charge < -0.3 is 9.97 Å². The maximum absolute atomic E-state index is 12.3. The highest BCUT2D eigenvalue weighted by Crippen LogP contribution is 2.53. The van der Waals surface area contributed by atoms with Crippen LogP contribution in [0.4, 0.5) is 0 Å². The number of aromatic nitrogens is 4. The Bertz CT molecular complexity index is 3720. The second kappa shape index (κ2) is 19.5. The summed E-state index contributed by atoms with van der Waals surface area (Å²) in [6.45, 7) is 0. The molecule has 0 radical (unpaired) electrons. The van der Waals surface area contributed by atoms with Gasteiger partial charge in [0.05, 0.1) is 100 Å². The van der Waals surface area contributed by atoms with Crippen molar-refractivity contribution in [2.45, 2.75) is 19.6 Å². The molecule has 8 bridgehead atoms. The summed E-state index contributed by atoms with van der Waals surface area (Å²) in [6, 6.07) is 21.4. The van der Waals surface area contributed by atoms with Crippen LogP contribution < -0.4 is 0 Å². The van der Waals surface area contributed by atoms with Gasteiger partial charge in [-0.2, -0.15) is 33.7 Å². The molecule has 16 nitrogen and oxygen atoms in total. The van der Waals surface area contributed by atoms with E-state index in [2.05, 4.69) is 137 Å². The number of hydrogen-bond donors (Lipinski definition) is 6. The van der Waals surface area contributed by atoms with E-state index < -0.39 is 60.1 Å². The first-order valence-corrected chi connectivity index (χ1v) is 31.7. The van der Waals surface area contributed by atoms with E-state index >= 15 is 0 Å². The van der Waals surface area contributed by atoms with Gasteiger partial charge in [-0.3, -0.25) is 18.2 Å². The molecule has 370 valence electrons. The van der Waals surface area contributed by atoms with Crippen LogP contribution in [0.2, 0.25) is 0 Å². The highest BCUT2D eigenvalue weighted by atomic mass is 79.9. The second-order valence-corrected chi connectivity index (χ2v) is 27.4. The molecule has 72 heavy (non-hydrogen) atoms. The van der Waals surface area contributed by atoms with Crippen molar-refractivity contribution in [3.8, 4) is 44.5 Å². The largest absolute Gasteiger partial charge is 0.352 e. The third-order valence-corrected chi connectivity index (χ3v) is 23.0. The van der Waals surface area contributed by atoms with E-state index in [1.54, 1.807) is 0 Å². The summed E-state index contributed by atoms with van der Waals surface area (Å²) in [4.78, 5) is 15.9. The van der Waals surface area contributed by atoms with E-state index in [0.717, 1.165) is 0 Å². The fourth-order valence-corrected chi connectivity index (χ4v) is 13.7. The van der Waals surface area contributed by atoms with Crippen LogP contribution in [0, 0.1) is 0 Å². The number of rotatable bonds is 8. The molecule has 3 aromatic heterocycles. The Labute approximate surface area is 475 Å². The van der Waals surface area contributed by atoms with E-state index in [0.29, 0.717) is 102 Å². The van der Waals surface area contributed by atoms with Crippen LogP contribution in [-0.2, 0) is 40.5 Å². The molecule has 7 aromatic rings. The number of hydrogen-bond acceptors (Lipinski definition) is 10. The zero-order valence-electron chi connectivity index (χ0n) is 34.8. The number of nitrogens with one attached hydrogen (secondary N) is 2. The maximum Gasteiger partial charge on any atom is 0.294 e. The van der Waals surface area contributed by atoms with Crippen LogP contribution in [0.25, 0.3) is 84.5 Å². The van der Waals surface area contributed by atoms with Crippen LogP contribution in [-0.4, -0.2) is 71.8 Å². The minimum Gasteiger partial charge on any atom is -0.352 e. The van der Waals surface area contributed by atoms with Crippen LogP contribution in [0.1, 0.15) is 22.8 Å². The number of fused-ring (bicyclic) bond motifs is 8. The molecule has 0 amide bonds. The fraction of sp³-hybridized carbons (Fsp3) is 0. The van der Waals surface area contributed by atoms with Gasteiger partial charge in [-0.05, 0) is 198 Å². The summed E-state index contributed by atoms with van der Waals surface area (Å²) < 4.78 is 141. The lowest BCUT2D eigenvalue weighted by atomic mass is 10.0. The summed E-state index contributed by atoms with van der Waals surface area (Å²) >= 11 is 30.2. The minimum atomic E-state index is -4.64. The molecule has 2 aliphatic heterocycles. The fourth-order valence-electron chi connectivity index (χ4n) is 7.87. The molecule has 0 aliphatic carbocycles. The van der Waals surface area contributed by atoms with E-state index in [-0.39, 0.29) is 22.8 Å². The SMILES string of the molecule is O=S(=O)(O)c1ccc(-c2c3nc(c(-c4ccc(S(=O)(=O)O)cc4)c4[nH]c(c(Br)c4Br)c(-c4ccc(S(=O)(=O)O)cc4)c4nc(c(-c5ccc(S(=O)(=O)O)cc5)c5[nH]c2c(Br)c5Br)C(Br)=C4Br)C(Br)=C3Br)cc1. The highest BCUT2D eigenvalue weighted by molar-refractivity contribution is 9.18. The zero-order chi connectivity index (χ0) is 52.3. The average Bonchev–Trinajstić information content (AvgIpc) is 3.97. The minimum absolute atomic E-state index is 0.251. The normalized spacial score (nSPS) is 13.6. The molecule has 0 atom stereocenters. The Morgan fingerprint density at radius 2 is 0.472 bits per heavy atom. The summed E-state index contributed by atoms with van der Waals surface area (Å²) in [5.74, 6) is 0. The summed E-state index contributed by atoms with van der Waals surface area (Å²) in [5, 5.41) is 0. The Morgan fingerprint density at radius 1 is 0.306 bits per heavy atom. The van der Waals surface area contributed by atoms with E-state index in [4.69, 9.17) is 9.97 Å². The lowest BCUT2D eigenvalue weighted by Gasteiger charge is -2.09. The number of H-pyrrole nitrogens is 2. The molecule has 2 aliphatic rings.